The van der Waals surface area contributed by atoms with Crippen LogP contribution in [0.2, 0.25) is 0 Å². The van der Waals surface area contributed by atoms with Crippen LogP contribution in [-0.4, -0.2) is 19.5 Å². The third-order valence-corrected chi connectivity index (χ3v) is 11.6. The van der Waals surface area contributed by atoms with E-state index in [9.17, 15) is 0 Å². The van der Waals surface area contributed by atoms with E-state index in [-0.39, 0.29) is 0 Å². The molecule has 4 nitrogen and oxygen atoms in total. The van der Waals surface area contributed by atoms with Crippen LogP contribution < -0.4 is 0 Å². The van der Waals surface area contributed by atoms with Gasteiger partial charge in [0.25, 0.3) is 0 Å². The van der Waals surface area contributed by atoms with Crippen LogP contribution in [-0.2, 0) is 0 Å². The number of nitrogens with zero attached hydrogens (tertiary/aromatic N) is 4. The molecule has 0 aliphatic heterocycles. The van der Waals surface area contributed by atoms with Crippen molar-refractivity contribution in [2.45, 2.75) is 0 Å². The summed E-state index contributed by atoms with van der Waals surface area (Å²) in [4.78, 5) is 15.1. The van der Waals surface area contributed by atoms with E-state index in [4.69, 9.17) is 15.0 Å². The molecule has 0 atom stereocenters. The number of hydrogen-bond acceptors (Lipinski definition) is 4. The number of thiophene rings is 1. The molecule has 0 N–H and O–H groups in total. The van der Waals surface area contributed by atoms with E-state index in [1.54, 1.807) is 0 Å². The first kappa shape index (κ1) is 30.7. The van der Waals surface area contributed by atoms with E-state index in [1.807, 2.05) is 47.7 Å². The highest BCUT2D eigenvalue weighted by Gasteiger charge is 2.20. The van der Waals surface area contributed by atoms with E-state index in [1.165, 1.54) is 58.5 Å². The normalized spacial score (nSPS) is 11.7. The molecule has 5 heteroatoms. The zero-order valence-electron chi connectivity index (χ0n) is 29.0. The van der Waals surface area contributed by atoms with Gasteiger partial charge in [0.15, 0.2) is 17.5 Å². The van der Waals surface area contributed by atoms with Crippen LogP contribution in [0.4, 0.5) is 0 Å². The molecule has 0 unspecified atom stereocenters. The Morgan fingerprint density at radius 1 is 0.370 bits per heavy atom. The molecule has 11 aromatic rings. The number of para-hydroxylation sites is 1. The van der Waals surface area contributed by atoms with Crippen molar-refractivity contribution in [2.24, 2.45) is 0 Å². The van der Waals surface area contributed by atoms with Crippen LogP contribution in [0, 0.1) is 0 Å². The Labute approximate surface area is 315 Å². The SMILES string of the molecule is c1ccc(-c2nc(-c3ccccc3)nc(-c3cccc4sc5cc(-n6c7ccccc7c7cc(-c8ccccc8)c8ccccc8c76)ccc5c34)n2)cc1. The lowest BCUT2D eigenvalue weighted by atomic mass is 9.95. The molecule has 0 spiro atoms. The molecular weight excluding hydrogens is 677 g/mol. The van der Waals surface area contributed by atoms with E-state index < -0.39 is 0 Å². The zero-order valence-corrected chi connectivity index (χ0v) is 29.8. The highest BCUT2D eigenvalue weighted by molar-refractivity contribution is 7.26. The van der Waals surface area contributed by atoms with Crippen molar-refractivity contribution < 1.29 is 0 Å². The summed E-state index contributed by atoms with van der Waals surface area (Å²) in [7, 11) is 0. The monoisotopic (exact) mass is 706 g/mol. The molecule has 3 aromatic heterocycles. The molecule has 54 heavy (non-hydrogen) atoms. The molecular formula is C49H30N4S. The predicted molar refractivity (Wildman–Crippen MR) is 226 cm³/mol. The maximum atomic E-state index is 5.10. The van der Waals surface area contributed by atoms with E-state index >= 15 is 0 Å². The molecule has 0 radical (unpaired) electrons. The van der Waals surface area contributed by atoms with Gasteiger partial charge in [0.05, 0.1) is 11.0 Å². The van der Waals surface area contributed by atoms with E-state index in [0.29, 0.717) is 17.5 Å². The van der Waals surface area contributed by atoms with Crippen LogP contribution in [0.1, 0.15) is 0 Å². The second kappa shape index (κ2) is 12.3. The number of hydrogen-bond donors (Lipinski definition) is 0. The molecule has 0 fully saturated rings. The highest BCUT2D eigenvalue weighted by Crippen LogP contribution is 2.44. The largest absolute Gasteiger partial charge is 0.309 e. The highest BCUT2D eigenvalue weighted by atomic mass is 32.1. The third-order valence-electron chi connectivity index (χ3n) is 10.4. The lowest BCUT2D eigenvalue weighted by Gasteiger charge is -2.13. The average Bonchev–Trinajstić information content (AvgIpc) is 3.80. The topological polar surface area (TPSA) is 43.6 Å². The standard InChI is InChI=1S/C49H30N4S/c1-4-15-31(16-5-1)40-30-41-36-22-12-13-25-42(36)53(46(41)37-23-11-10-21-35(37)40)34-27-28-38-44(29-34)54-43-26-14-24-39(45(38)43)49-51-47(32-17-6-2-7-18-32)50-48(52-49)33-19-8-3-9-20-33/h1-30H. The molecule has 0 amide bonds. The Hall–Kier alpha value is -6.95. The first-order valence-corrected chi connectivity index (χ1v) is 18.9. The second-order valence-electron chi connectivity index (χ2n) is 13.6. The van der Waals surface area contributed by atoms with Crippen LogP contribution in [0.3, 0.4) is 0 Å². The van der Waals surface area contributed by atoms with Gasteiger partial charge in [-0.2, -0.15) is 0 Å². The third kappa shape index (κ3) is 4.86. The second-order valence-corrected chi connectivity index (χ2v) is 14.7. The summed E-state index contributed by atoms with van der Waals surface area (Å²) in [5.41, 5.74) is 8.94. The number of benzene rings is 8. The number of fused-ring (bicyclic) bond motifs is 8. The molecule has 0 aliphatic carbocycles. The maximum absolute atomic E-state index is 5.10. The molecule has 0 aliphatic rings. The van der Waals surface area contributed by atoms with Gasteiger partial charge in [0.2, 0.25) is 0 Å². The zero-order chi connectivity index (χ0) is 35.6. The van der Waals surface area contributed by atoms with E-state index in [0.717, 1.165) is 27.8 Å². The van der Waals surface area contributed by atoms with Gasteiger partial charge in [-0.25, -0.2) is 15.0 Å². The Morgan fingerprint density at radius 2 is 0.963 bits per heavy atom. The van der Waals surface area contributed by atoms with Crippen molar-refractivity contribution in [1.29, 1.82) is 0 Å². The van der Waals surface area contributed by atoms with Crippen molar-refractivity contribution in [2.75, 3.05) is 0 Å². The van der Waals surface area contributed by atoms with Gasteiger partial charge in [-0.15, -0.1) is 11.3 Å². The first-order valence-electron chi connectivity index (χ1n) is 18.1. The summed E-state index contributed by atoms with van der Waals surface area (Å²) >= 11 is 1.81. The summed E-state index contributed by atoms with van der Waals surface area (Å²) in [5, 5.41) is 7.33. The molecule has 0 saturated carbocycles. The smallest absolute Gasteiger partial charge is 0.164 e. The molecule has 3 heterocycles. The summed E-state index contributed by atoms with van der Waals surface area (Å²) in [6, 6.07) is 64.4. The summed E-state index contributed by atoms with van der Waals surface area (Å²) in [6.45, 7) is 0. The fraction of sp³-hybridized carbons (Fsp3) is 0. The average molecular weight is 707 g/mol. The minimum atomic E-state index is 0.660. The number of aromatic nitrogens is 4. The van der Waals surface area contributed by atoms with Gasteiger partial charge in [-0.05, 0) is 46.8 Å². The van der Waals surface area contributed by atoms with Crippen molar-refractivity contribution in [3.8, 4) is 51.0 Å². The van der Waals surface area contributed by atoms with Crippen molar-refractivity contribution in [3.63, 3.8) is 0 Å². The Morgan fingerprint density at radius 3 is 1.67 bits per heavy atom. The molecule has 252 valence electrons. The van der Waals surface area contributed by atoms with E-state index in [2.05, 4.69) is 150 Å². The van der Waals surface area contributed by atoms with Crippen LogP contribution in [0.15, 0.2) is 182 Å². The van der Waals surface area contributed by atoms with Gasteiger partial charge < -0.3 is 4.57 Å². The number of rotatable bonds is 5. The minimum absolute atomic E-state index is 0.660. The predicted octanol–water partition coefficient (Wildman–Crippen LogP) is 13.2. The van der Waals surface area contributed by atoms with Gasteiger partial charge >= 0.3 is 0 Å². The van der Waals surface area contributed by atoms with Crippen LogP contribution in [0.5, 0.6) is 0 Å². The molecule has 11 rings (SSSR count). The Balaban J connectivity index is 1.14. The van der Waals surface area contributed by atoms with Crippen LogP contribution in [0.25, 0.3) is 104 Å². The molecule has 0 bridgehead atoms. The fourth-order valence-corrected chi connectivity index (χ4v) is 9.18. The lowest BCUT2D eigenvalue weighted by molar-refractivity contribution is 1.08. The van der Waals surface area contributed by atoms with Gasteiger partial charge in [0, 0.05) is 58.7 Å². The van der Waals surface area contributed by atoms with Gasteiger partial charge in [-0.1, -0.05) is 152 Å². The first-order chi connectivity index (χ1) is 26.8. The van der Waals surface area contributed by atoms with Crippen molar-refractivity contribution >= 4 is 64.1 Å². The Bertz CT molecular complexity index is 3140. The minimum Gasteiger partial charge on any atom is -0.309 e. The van der Waals surface area contributed by atoms with Gasteiger partial charge in [-0.3, -0.25) is 0 Å². The quantitative estimate of drug-likeness (QED) is 0.179. The van der Waals surface area contributed by atoms with Crippen molar-refractivity contribution in [1.82, 2.24) is 19.5 Å². The summed E-state index contributed by atoms with van der Waals surface area (Å²) in [5.74, 6) is 1.99. The Kier molecular flexibility index (Phi) is 7.00. The van der Waals surface area contributed by atoms with Crippen LogP contribution >= 0.6 is 11.3 Å². The summed E-state index contributed by atoms with van der Waals surface area (Å²) in [6.07, 6.45) is 0. The molecule has 0 saturated heterocycles. The van der Waals surface area contributed by atoms with Gasteiger partial charge in [0.1, 0.15) is 0 Å². The van der Waals surface area contributed by atoms with Crippen molar-refractivity contribution in [3.05, 3.63) is 182 Å². The fourth-order valence-electron chi connectivity index (χ4n) is 8.02. The lowest BCUT2D eigenvalue weighted by Crippen LogP contribution is -2.00. The maximum Gasteiger partial charge on any atom is 0.164 e. The molecule has 8 aromatic carbocycles. The summed E-state index contributed by atoms with van der Waals surface area (Å²) < 4.78 is 4.87.